The van der Waals surface area contributed by atoms with Crippen LogP contribution in [0.2, 0.25) is 0 Å². The van der Waals surface area contributed by atoms with Crippen LogP contribution in [-0.2, 0) is 19.1 Å². The number of carbonyl (C=O) groups is 3. The molecule has 53 heavy (non-hydrogen) atoms. The molecule has 7 nitrogen and oxygen atoms in total. The van der Waals surface area contributed by atoms with Crippen molar-refractivity contribution in [3.05, 3.63) is 161 Å². The second kappa shape index (κ2) is 18.7. The zero-order chi connectivity index (χ0) is 37.6. The van der Waals surface area contributed by atoms with Crippen LogP contribution in [0.25, 0.3) is 10.8 Å². The van der Waals surface area contributed by atoms with E-state index >= 15 is 0 Å². The van der Waals surface area contributed by atoms with Crippen molar-refractivity contribution in [2.24, 2.45) is 0 Å². The van der Waals surface area contributed by atoms with Gasteiger partial charge in [-0.15, -0.1) is 0 Å². The summed E-state index contributed by atoms with van der Waals surface area (Å²) >= 11 is 1.17. The van der Waals surface area contributed by atoms with E-state index in [9.17, 15) is 14.4 Å². The molecule has 0 aromatic heterocycles. The van der Waals surface area contributed by atoms with Crippen molar-refractivity contribution < 1.29 is 33.3 Å². The molecule has 0 radical (unpaired) electrons. The molecule has 0 bridgehead atoms. The lowest BCUT2D eigenvalue weighted by molar-refractivity contribution is -0.139. The van der Waals surface area contributed by atoms with E-state index in [2.05, 4.69) is 36.8 Å². The first-order chi connectivity index (χ1) is 25.7. The maximum absolute atomic E-state index is 13.2. The number of aryl methyl sites for hydroxylation is 2. The fourth-order valence-electron chi connectivity index (χ4n) is 5.00. The minimum absolute atomic E-state index is 0.0492. The molecule has 8 heteroatoms. The molecule has 0 aliphatic heterocycles. The van der Waals surface area contributed by atoms with Gasteiger partial charge in [-0.1, -0.05) is 49.0 Å². The van der Waals surface area contributed by atoms with E-state index in [1.807, 2.05) is 111 Å². The number of carbonyl (C=O) groups excluding carboxylic acids is 3. The Labute approximate surface area is 313 Å². The van der Waals surface area contributed by atoms with Crippen molar-refractivity contribution in [3.8, 4) is 35.2 Å². The third kappa shape index (κ3) is 11.3. The summed E-state index contributed by atoms with van der Waals surface area (Å²) in [5, 5.41) is 1.89. The van der Waals surface area contributed by atoms with Crippen LogP contribution in [0.15, 0.2) is 127 Å². The Morgan fingerprint density at radius 3 is 1.55 bits per heavy atom. The molecule has 5 rings (SSSR count). The molecule has 0 fully saturated rings. The monoisotopic (exact) mass is 720 g/mol. The second-order valence-electron chi connectivity index (χ2n) is 11.6. The van der Waals surface area contributed by atoms with Crippen molar-refractivity contribution in [2.75, 3.05) is 26.4 Å². The van der Waals surface area contributed by atoms with Crippen LogP contribution in [0.1, 0.15) is 43.7 Å². The molecule has 264 valence electrons. The minimum Gasteiger partial charge on any atom is -0.490 e. The second-order valence-corrected chi connectivity index (χ2v) is 12.6. The van der Waals surface area contributed by atoms with E-state index in [0.717, 1.165) is 61.2 Å². The van der Waals surface area contributed by atoms with Crippen LogP contribution < -0.4 is 9.47 Å². The SMILES string of the molecule is C=CC(=O)OCCOc1ccc(C#Cc2ccc(SC(=O)c3ccc4cc(C#Cc5ccc(OCCOC(=O)C=C)c(C)c5)ccc4c3)cc2)cc1C. The first-order valence-electron chi connectivity index (χ1n) is 16.7. The average Bonchev–Trinajstić information content (AvgIpc) is 3.17. The highest BCUT2D eigenvalue weighted by molar-refractivity contribution is 8.14. The molecular formula is C45H36O7S. The Hall–Kier alpha value is -6.48. The van der Waals surface area contributed by atoms with Gasteiger partial charge < -0.3 is 18.9 Å². The van der Waals surface area contributed by atoms with Crippen LogP contribution in [0.4, 0.5) is 0 Å². The summed E-state index contributed by atoms with van der Waals surface area (Å²) in [6.45, 7) is 11.4. The molecule has 0 saturated heterocycles. The van der Waals surface area contributed by atoms with Gasteiger partial charge in [0.05, 0.1) is 0 Å². The number of ether oxygens (including phenoxy) is 4. The number of esters is 2. The first kappa shape index (κ1) is 37.8. The van der Waals surface area contributed by atoms with Gasteiger partial charge >= 0.3 is 11.9 Å². The lowest BCUT2D eigenvalue weighted by atomic mass is 10.0. The molecule has 0 N–H and O–H groups in total. The summed E-state index contributed by atoms with van der Waals surface area (Å²) in [4.78, 5) is 36.3. The van der Waals surface area contributed by atoms with Crippen LogP contribution in [0.5, 0.6) is 11.5 Å². The smallest absolute Gasteiger partial charge is 0.330 e. The molecule has 0 heterocycles. The van der Waals surface area contributed by atoms with Crippen LogP contribution in [-0.4, -0.2) is 43.5 Å². The largest absolute Gasteiger partial charge is 0.490 e. The zero-order valence-corrected chi connectivity index (χ0v) is 30.2. The molecule has 0 aliphatic carbocycles. The lowest BCUT2D eigenvalue weighted by Gasteiger charge is -2.09. The van der Waals surface area contributed by atoms with Crippen molar-refractivity contribution >= 4 is 39.6 Å². The van der Waals surface area contributed by atoms with Gasteiger partial charge in [0.1, 0.15) is 37.9 Å². The lowest BCUT2D eigenvalue weighted by Crippen LogP contribution is -2.10. The molecule has 0 unspecified atom stereocenters. The molecule has 5 aromatic rings. The fourth-order valence-corrected chi connectivity index (χ4v) is 5.73. The van der Waals surface area contributed by atoms with Crippen molar-refractivity contribution in [1.29, 1.82) is 0 Å². The maximum atomic E-state index is 13.2. The first-order valence-corrected chi connectivity index (χ1v) is 17.5. The highest BCUT2D eigenvalue weighted by Crippen LogP contribution is 2.26. The normalized spacial score (nSPS) is 10.2. The molecular weight excluding hydrogens is 685 g/mol. The standard InChI is InChI=1S/C45H36O7S/c1-5-43(46)51-25-23-49-41-21-14-34(27-31(41)3)8-7-33-12-19-40(20-13-33)53-45(48)39-18-17-37-29-36(11-16-38(37)30-39)10-9-35-15-22-42(32(4)28-35)50-24-26-52-44(47)6-2/h5-6,11-22,27-30H,1-2,23-26H2,3-4H3. The summed E-state index contributed by atoms with van der Waals surface area (Å²) in [7, 11) is 0. The van der Waals surface area contributed by atoms with Gasteiger partial charge in [0.2, 0.25) is 5.12 Å². The third-order valence-corrected chi connectivity index (χ3v) is 8.63. The molecule has 0 spiro atoms. The third-order valence-electron chi connectivity index (χ3n) is 7.70. The van der Waals surface area contributed by atoms with Crippen LogP contribution in [0.3, 0.4) is 0 Å². The van der Waals surface area contributed by atoms with E-state index in [-0.39, 0.29) is 31.5 Å². The molecule has 0 saturated carbocycles. The Balaban J connectivity index is 1.14. The van der Waals surface area contributed by atoms with E-state index < -0.39 is 11.9 Å². The highest BCUT2D eigenvalue weighted by atomic mass is 32.2. The zero-order valence-electron chi connectivity index (χ0n) is 29.4. The summed E-state index contributed by atoms with van der Waals surface area (Å²) in [6, 6.07) is 30.5. The number of fused-ring (bicyclic) bond motifs is 1. The Morgan fingerprint density at radius 2 is 1.02 bits per heavy atom. The topological polar surface area (TPSA) is 88.1 Å². The molecule has 0 amide bonds. The van der Waals surface area contributed by atoms with Gasteiger partial charge in [0.15, 0.2) is 0 Å². The van der Waals surface area contributed by atoms with Gasteiger partial charge in [-0.3, -0.25) is 4.79 Å². The van der Waals surface area contributed by atoms with Gasteiger partial charge in [-0.05, 0) is 132 Å². The Morgan fingerprint density at radius 1 is 0.566 bits per heavy atom. The average molecular weight is 721 g/mol. The number of hydrogen-bond acceptors (Lipinski definition) is 8. The minimum atomic E-state index is -0.481. The van der Waals surface area contributed by atoms with Crippen LogP contribution in [0, 0.1) is 37.5 Å². The molecule has 0 atom stereocenters. The summed E-state index contributed by atoms with van der Waals surface area (Å²) < 4.78 is 21.3. The van der Waals surface area contributed by atoms with E-state index in [1.54, 1.807) is 0 Å². The van der Waals surface area contributed by atoms with Gasteiger partial charge in [0, 0.05) is 44.9 Å². The van der Waals surface area contributed by atoms with Crippen molar-refractivity contribution in [1.82, 2.24) is 0 Å². The van der Waals surface area contributed by atoms with Crippen molar-refractivity contribution in [3.63, 3.8) is 0 Å². The van der Waals surface area contributed by atoms with E-state index in [4.69, 9.17) is 18.9 Å². The number of benzene rings is 5. The molecule has 0 aliphatic rings. The van der Waals surface area contributed by atoms with Crippen LogP contribution >= 0.6 is 11.8 Å². The van der Waals surface area contributed by atoms with Gasteiger partial charge in [-0.25, -0.2) is 9.59 Å². The fraction of sp³-hybridized carbons (Fsp3) is 0.133. The Kier molecular flexibility index (Phi) is 13.3. The van der Waals surface area contributed by atoms with Crippen molar-refractivity contribution in [2.45, 2.75) is 18.7 Å². The summed E-state index contributed by atoms with van der Waals surface area (Å²) in [6.07, 6.45) is 2.23. The predicted molar refractivity (Wildman–Crippen MR) is 208 cm³/mol. The predicted octanol–water partition coefficient (Wildman–Crippen LogP) is 8.40. The summed E-state index contributed by atoms with van der Waals surface area (Å²) in [5.74, 6) is 13.2. The maximum Gasteiger partial charge on any atom is 0.330 e. The Bertz CT molecular complexity index is 2300. The highest BCUT2D eigenvalue weighted by Gasteiger charge is 2.10. The quantitative estimate of drug-likeness (QED) is 0.0418. The molecule has 5 aromatic carbocycles. The van der Waals surface area contributed by atoms with Gasteiger partial charge in [-0.2, -0.15) is 0 Å². The van der Waals surface area contributed by atoms with E-state index in [1.165, 1.54) is 11.8 Å². The summed E-state index contributed by atoms with van der Waals surface area (Å²) in [5.41, 5.74) is 5.84. The van der Waals surface area contributed by atoms with Gasteiger partial charge in [0.25, 0.3) is 0 Å². The number of hydrogen-bond donors (Lipinski definition) is 0. The number of rotatable bonds is 12. The number of thioether (sulfide) groups is 1. The van der Waals surface area contributed by atoms with E-state index in [0.29, 0.717) is 17.1 Å².